The Labute approximate surface area is 165 Å². The molecule has 1 heterocycles. The Bertz CT molecular complexity index is 990. The summed E-state index contributed by atoms with van der Waals surface area (Å²) in [5.74, 6) is 1.15. The van der Waals surface area contributed by atoms with E-state index in [2.05, 4.69) is 20.5 Å². The average molecular weight is 405 g/mol. The Morgan fingerprint density at radius 1 is 1.26 bits per heavy atom. The van der Waals surface area contributed by atoms with Gasteiger partial charge in [-0.15, -0.1) is 0 Å². The molecule has 2 aromatic carbocycles. The molecule has 0 aliphatic rings. The number of fused-ring (bicyclic) bond motifs is 1. The van der Waals surface area contributed by atoms with E-state index >= 15 is 0 Å². The van der Waals surface area contributed by atoms with Gasteiger partial charge in [0.25, 0.3) is 5.91 Å². The third-order valence-electron chi connectivity index (χ3n) is 3.57. The summed E-state index contributed by atoms with van der Waals surface area (Å²) >= 11 is 7.23. The second kappa shape index (κ2) is 8.79. The molecule has 7 nitrogen and oxygen atoms in total. The summed E-state index contributed by atoms with van der Waals surface area (Å²) in [6.45, 7) is 0. The van der Waals surface area contributed by atoms with Crippen molar-refractivity contribution in [3.05, 3.63) is 47.0 Å². The number of rotatable bonds is 7. The second-order valence-corrected chi connectivity index (χ2v) is 6.80. The highest BCUT2D eigenvalue weighted by Gasteiger charge is 2.07. The molecule has 0 unspecified atom stereocenters. The lowest BCUT2D eigenvalue weighted by Gasteiger charge is -2.07. The Morgan fingerprint density at radius 3 is 2.85 bits per heavy atom. The summed E-state index contributed by atoms with van der Waals surface area (Å²) < 4.78 is 10.4. The number of nitrogens with one attached hydrogen (secondary N) is 2. The van der Waals surface area contributed by atoms with E-state index in [1.54, 1.807) is 38.5 Å². The number of ether oxygens (including phenoxy) is 2. The Morgan fingerprint density at radius 2 is 2.07 bits per heavy atom. The molecule has 0 radical (unpaired) electrons. The highest BCUT2D eigenvalue weighted by molar-refractivity contribution is 7.99. The summed E-state index contributed by atoms with van der Waals surface area (Å²) in [6, 6.07) is 10.7. The smallest absolute Gasteiger partial charge is 0.250 e. The summed E-state index contributed by atoms with van der Waals surface area (Å²) in [7, 11) is 3.13. The number of aromatic nitrogens is 2. The number of H-pyrrole nitrogens is 1. The first-order chi connectivity index (χ1) is 13.1. The lowest BCUT2D eigenvalue weighted by atomic mass is 10.2. The van der Waals surface area contributed by atoms with E-state index in [9.17, 15) is 4.79 Å². The maximum Gasteiger partial charge on any atom is 0.250 e. The fourth-order valence-corrected chi connectivity index (χ4v) is 3.15. The van der Waals surface area contributed by atoms with Crippen molar-refractivity contribution in [2.45, 2.75) is 5.16 Å². The van der Waals surface area contributed by atoms with Crippen LogP contribution in [0.4, 0.5) is 0 Å². The molecule has 0 saturated carbocycles. The molecular formula is C18H17ClN4O3S. The first-order valence-electron chi connectivity index (χ1n) is 7.91. The molecule has 27 heavy (non-hydrogen) atoms. The Hall–Kier alpha value is -2.71. The average Bonchev–Trinajstić information content (AvgIpc) is 3.08. The molecule has 0 fully saturated rings. The lowest BCUT2D eigenvalue weighted by molar-refractivity contribution is -0.118. The molecular weight excluding hydrogens is 388 g/mol. The monoisotopic (exact) mass is 404 g/mol. The van der Waals surface area contributed by atoms with E-state index in [-0.39, 0.29) is 11.7 Å². The maximum absolute atomic E-state index is 11.9. The third-order valence-corrected chi connectivity index (χ3v) is 4.68. The first-order valence-corrected chi connectivity index (χ1v) is 9.27. The molecule has 3 rings (SSSR count). The fraction of sp³-hybridized carbons (Fsp3) is 0.167. The molecule has 0 bridgehead atoms. The van der Waals surface area contributed by atoms with Crippen molar-refractivity contribution in [2.24, 2.45) is 5.10 Å². The number of methoxy groups -OCH3 is 2. The van der Waals surface area contributed by atoms with Gasteiger partial charge in [-0.1, -0.05) is 23.4 Å². The Kier molecular flexibility index (Phi) is 6.20. The van der Waals surface area contributed by atoms with Gasteiger partial charge in [-0.3, -0.25) is 4.79 Å². The summed E-state index contributed by atoms with van der Waals surface area (Å²) in [4.78, 5) is 19.5. The van der Waals surface area contributed by atoms with E-state index in [1.807, 2.05) is 12.1 Å². The van der Waals surface area contributed by atoms with Crippen LogP contribution in [0.2, 0.25) is 5.02 Å². The zero-order valence-electron chi connectivity index (χ0n) is 14.7. The van der Waals surface area contributed by atoms with Gasteiger partial charge in [0, 0.05) is 5.02 Å². The maximum atomic E-state index is 11.9. The van der Waals surface area contributed by atoms with Gasteiger partial charge in [0.1, 0.15) is 0 Å². The highest BCUT2D eigenvalue weighted by Crippen LogP contribution is 2.27. The molecule has 2 N–H and O–H groups in total. The van der Waals surface area contributed by atoms with E-state index in [4.69, 9.17) is 21.1 Å². The minimum absolute atomic E-state index is 0.177. The van der Waals surface area contributed by atoms with Gasteiger partial charge in [0.15, 0.2) is 16.7 Å². The van der Waals surface area contributed by atoms with E-state index in [0.717, 1.165) is 16.6 Å². The van der Waals surface area contributed by atoms with Crippen LogP contribution >= 0.6 is 23.4 Å². The van der Waals surface area contributed by atoms with Crippen LogP contribution in [0.15, 0.2) is 46.7 Å². The fourth-order valence-electron chi connectivity index (χ4n) is 2.30. The standard InChI is InChI=1S/C18H17ClN4O3S/c1-25-15-6-3-11(7-16(15)26-2)9-20-23-17(24)10-27-18-21-13-5-4-12(19)8-14(13)22-18/h3-9H,10H2,1-2H3,(H,21,22)(H,23,24)/b20-9-. The van der Waals surface area contributed by atoms with E-state index in [1.165, 1.54) is 18.0 Å². The van der Waals surface area contributed by atoms with Crippen LogP contribution in [0.5, 0.6) is 11.5 Å². The van der Waals surface area contributed by atoms with Crippen LogP contribution in [0.1, 0.15) is 5.56 Å². The van der Waals surface area contributed by atoms with Crippen LogP contribution in [0.3, 0.4) is 0 Å². The van der Waals surface area contributed by atoms with Gasteiger partial charge in [-0.25, -0.2) is 10.4 Å². The van der Waals surface area contributed by atoms with Crippen molar-refractivity contribution >= 4 is 46.5 Å². The number of nitrogens with zero attached hydrogens (tertiary/aromatic N) is 2. The minimum Gasteiger partial charge on any atom is -0.493 e. The second-order valence-electron chi connectivity index (χ2n) is 5.40. The highest BCUT2D eigenvalue weighted by atomic mass is 35.5. The van der Waals surface area contributed by atoms with Gasteiger partial charge in [0.05, 0.1) is 37.2 Å². The van der Waals surface area contributed by atoms with Crippen molar-refractivity contribution in [1.82, 2.24) is 15.4 Å². The zero-order chi connectivity index (χ0) is 19.2. The summed E-state index contributed by atoms with van der Waals surface area (Å²) in [6.07, 6.45) is 1.54. The lowest BCUT2D eigenvalue weighted by Crippen LogP contribution is -2.19. The number of hydrogen-bond acceptors (Lipinski definition) is 6. The number of hydrazone groups is 1. The molecule has 0 spiro atoms. The molecule has 140 valence electrons. The van der Waals surface area contributed by atoms with Crippen molar-refractivity contribution in [3.63, 3.8) is 0 Å². The van der Waals surface area contributed by atoms with Crippen LogP contribution in [-0.2, 0) is 4.79 Å². The van der Waals surface area contributed by atoms with E-state index in [0.29, 0.717) is 21.7 Å². The van der Waals surface area contributed by atoms with Gasteiger partial charge in [-0.2, -0.15) is 5.10 Å². The number of thioether (sulfide) groups is 1. The molecule has 1 aromatic heterocycles. The van der Waals surface area contributed by atoms with Gasteiger partial charge in [0.2, 0.25) is 0 Å². The molecule has 0 saturated heterocycles. The third kappa shape index (κ3) is 4.93. The van der Waals surface area contributed by atoms with Gasteiger partial charge < -0.3 is 14.5 Å². The van der Waals surface area contributed by atoms with Crippen LogP contribution in [0.25, 0.3) is 11.0 Å². The number of aromatic amines is 1. The van der Waals surface area contributed by atoms with Gasteiger partial charge in [-0.05, 0) is 42.0 Å². The SMILES string of the molecule is COc1ccc(/C=N\NC(=O)CSc2nc3ccc(Cl)cc3[nH]2)cc1OC. The normalized spacial score (nSPS) is 11.1. The number of amides is 1. The first kappa shape index (κ1) is 19.1. The van der Waals surface area contributed by atoms with Crippen molar-refractivity contribution < 1.29 is 14.3 Å². The number of imidazole rings is 1. The van der Waals surface area contributed by atoms with Crippen LogP contribution in [-0.4, -0.2) is 42.1 Å². The molecule has 9 heteroatoms. The summed E-state index contributed by atoms with van der Waals surface area (Å²) in [5, 5.41) is 5.23. The summed E-state index contributed by atoms with van der Waals surface area (Å²) in [5.41, 5.74) is 4.89. The number of carbonyl (C=O) groups is 1. The van der Waals surface area contributed by atoms with Crippen molar-refractivity contribution in [3.8, 4) is 11.5 Å². The number of halogens is 1. The zero-order valence-corrected chi connectivity index (χ0v) is 16.2. The van der Waals surface area contributed by atoms with Crippen molar-refractivity contribution in [2.75, 3.05) is 20.0 Å². The van der Waals surface area contributed by atoms with Gasteiger partial charge >= 0.3 is 0 Å². The molecule has 0 aliphatic carbocycles. The largest absolute Gasteiger partial charge is 0.493 e. The number of benzene rings is 2. The van der Waals surface area contributed by atoms with E-state index < -0.39 is 0 Å². The van der Waals surface area contributed by atoms with Crippen molar-refractivity contribution in [1.29, 1.82) is 0 Å². The number of hydrogen-bond donors (Lipinski definition) is 2. The quantitative estimate of drug-likeness (QED) is 0.357. The predicted molar refractivity (Wildman–Crippen MR) is 107 cm³/mol. The molecule has 1 amide bonds. The topological polar surface area (TPSA) is 88.6 Å². The minimum atomic E-state index is -0.241. The molecule has 3 aromatic rings. The Balaban J connectivity index is 1.53. The number of carbonyl (C=O) groups excluding carboxylic acids is 1. The van der Waals surface area contributed by atoms with Crippen LogP contribution in [0, 0.1) is 0 Å². The predicted octanol–water partition coefficient (Wildman–Crippen LogP) is 3.48. The van der Waals surface area contributed by atoms with Crippen LogP contribution < -0.4 is 14.9 Å². The molecule has 0 atom stereocenters. The molecule has 0 aliphatic heterocycles.